The SMILES string of the molecule is Cc1ccc(C(C(=O)C(C)(C)C)(c2ccccc2)n2cncn2)cc1C. The molecule has 0 saturated heterocycles. The Labute approximate surface area is 154 Å². The van der Waals surface area contributed by atoms with Gasteiger partial charge in [-0.05, 0) is 36.1 Å². The summed E-state index contributed by atoms with van der Waals surface area (Å²) in [6.07, 6.45) is 3.11. The van der Waals surface area contributed by atoms with E-state index in [0.29, 0.717) is 0 Å². The molecule has 0 aliphatic heterocycles. The summed E-state index contributed by atoms with van der Waals surface area (Å²) in [6, 6.07) is 16.0. The number of ketones is 1. The second kappa shape index (κ2) is 6.52. The van der Waals surface area contributed by atoms with Crippen LogP contribution in [0.25, 0.3) is 0 Å². The highest BCUT2D eigenvalue weighted by Gasteiger charge is 2.49. The Morgan fingerprint density at radius 2 is 1.62 bits per heavy atom. The third-order valence-corrected chi connectivity index (χ3v) is 4.89. The first kappa shape index (κ1) is 18.1. The first-order chi connectivity index (χ1) is 12.3. The number of Topliss-reactive ketones (excluding diaryl/α,β-unsaturated/α-hetero) is 1. The van der Waals surface area contributed by atoms with Crippen molar-refractivity contribution >= 4 is 5.78 Å². The van der Waals surface area contributed by atoms with Gasteiger partial charge < -0.3 is 0 Å². The molecule has 0 fully saturated rings. The van der Waals surface area contributed by atoms with Gasteiger partial charge in [-0.2, -0.15) is 5.10 Å². The van der Waals surface area contributed by atoms with Gasteiger partial charge in [0.05, 0.1) is 0 Å². The second-order valence-corrected chi connectivity index (χ2v) is 7.79. The van der Waals surface area contributed by atoms with Crippen molar-refractivity contribution in [1.82, 2.24) is 14.8 Å². The van der Waals surface area contributed by atoms with Crippen molar-refractivity contribution in [2.45, 2.75) is 40.2 Å². The molecule has 0 radical (unpaired) electrons. The van der Waals surface area contributed by atoms with Crippen LogP contribution in [0.1, 0.15) is 43.0 Å². The quantitative estimate of drug-likeness (QED) is 0.707. The summed E-state index contributed by atoms with van der Waals surface area (Å²) in [5.74, 6) is 0.0740. The molecule has 0 saturated carbocycles. The van der Waals surface area contributed by atoms with E-state index in [1.807, 2.05) is 57.2 Å². The van der Waals surface area contributed by atoms with Gasteiger partial charge in [0.15, 0.2) is 11.3 Å². The Bertz CT molecular complexity index is 908. The van der Waals surface area contributed by atoms with Crippen molar-refractivity contribution in [1.29, 1.82) is 0 Å². The first-order valence-corrected chi connectivity index (χ1v) is 8.81. The lowest BCUT2D eigenvalue weighted by Crippen LogP contribution is -2.50. The van der Waals surface area contributed by atoms with E-state index < -0.39 is 11.0 Å². The maximum absolute atomic E-state index is 13.9. The summed E-state index contributed by atoms with van der Waals surface area (Å²) in [5.41, 5.74) is 2.49. The van der Waals surface area contributed by atoms with Crippen LogP contribution in [0.3, 0.4) is 0 Å². The molecule has 0 N–H and O–H groups in total. The maximum Gasteiger partial charge on any atom is 0.174 e. The van der Waals surface area contributed by atoms with E-state index in [-0.39, 0.29) is 5.78 Å². The fourth-order valence-corrected chi connectivity index (χ4v) is 3.37. The maximum atomic E-state index is 13.9. The van der Waals surface area contributed by atoms with Crippen molar-refractivity contribution in [3.05, 3.63) is 83.4 Å². The number of rotatable bonds is 4. The number of hydrogen-bond donors (Lipinski definition) is 0. The summed E-state index contributed by atoms with van der Waals surface area (Å²) in [4.78, 5) is 18.0. The molecule has 0 aliphatic rings. The largest absolute Gasteiger partial charge is 0.296 e. The number of nitrogens with zero attached hydrogens (tertiary/aromatic N) is 3. The van der Waals surface area contributed by atoms with Crippen LogP contribution in [-0.2, 0) is 10.3 Å². The minimum absolute atomic E-state index is 0.0740. The molecule has 4 nitrogen and oxygen atoms in total. The minimum Gasteiger partial charge on any atom is -0.296 e. The van der Waals surface area contributed by atoms with Gasteiger partial charge in [-0.25, -0.2) is 9.67 Å². The van der Waals surface area contributed by atoms with Crippen LogP contribution in [0, 0.1) is 19.3 Å². The Hall–Kier alpha value is -2.75. The van der Waals surface area contributed by atoms with Crippen molar-refractivity contribution < 1.29 is 4.79 Å². The van der Waals surface area contributed by atoms with Crippen molar-refractivity contribution in [2.75, 3.05) is 0 Å². The van der Waals surface area contributed by atoms with Crippen LogP contribution >= 0.6 is 0 Å². The predicted molar refractivity (Wildman–Crippen MR) is 103 cm³/mol. The van der Waals surface area contributed by atoms with Crippen molar-refractivity contribution in [3.8, 4) is 0 Å². The first-order valence-electron chi connectivity index (χ1n) is 8.81. The van der Waals surface area contributed by atoms with Gasteiger partial charge in [0, 0.05) is 5.41 Å². The molecule has 1 unspecified atom stereocenters. The molecule has 134 valence electrons. The molecular formula is C22H25N3O. The van der Waals surface area contributed by atoms with Gasteiger partial charge in [-0.15, -0.1) is 0 Å². The number of aryl methyl sites for hydroxylation is 2. The molecule has 1 aromatic heterocycles. The highest BCUT2D eigenvalue weighted by Crippen LogP contribution is 2.40. The highest BCUT2D eigenvalue weighted by atomic mass is 16.1. The average Bonchev–Trinajstić information content (AvgIpc) is 3.13. The molecular weight excluding hydrogens is 322 g/mol. The lowest BCUT2D eigenvalue weighted by atomic mass is 9.70. The normalized spacial score (nSPS) is 14.0. The molecule has 0 amide bonds. The molecule has 1 heterocycles. The highest BCUT2D eigenvalue weighted by molar-refractivity contribution is 5.97. The van der Waals surface area contributed by atoms with Crippen LogP contribution in [-0.4, -0.2) is 20.5 Å². The predicted octanol–water partition coefficient (Wildman–Crippen LogP) is 4.30. The fourth-order valence-electron chi connectivity index (χ4n) is 3.37. The minimum atomic E-state index is -1.06. The standard InChI is InChI=1S/C22H25N3O/c1-16-11-12-19(13-17(16)2)22(20(26)21(3,4)5,25-15-23-14-24-25)18-9-7-6-8-10-18/h6-15H,1-5H3. The van der Waals surface area contributed by atoms with E-state index in [1.165, 1.54) is 11.9 Å². The molecule has 3 aromatic rings. The Morgan fingerprint density at radius 3 is 2.15 bits per heavy atom. The summed E-state index contributed by atoms with van der Waals surface area (Å²) in [5, 5.41) is 4.41. The smallest absolute Gasteiger partial charge is 0.174 e. The molecule has 26 heavy (non-hydrogen) atoms. The molecule has 2 aromatic carbocycles. The van der Waals surface area contributed by atoms with Gasteiger partial charge in [-0.3, -0.25) is 4.79 Å². The average molecular weight is 347 g/mol. The molecule has 1 atom stereocenters. The number of carbonyl (C=O) groups excluding carboxylic acids is 1. The van der Waals surface area contributed by atoms with Gasteiger partial charge >= 0.3 is 0 Å². The number of benzene rings is 2. The zero-order chi connectivity index (χ0) is 18.9. The van der Waals surface area contributed by atoms with Crippen LogP contribution in [0.5, 0.6) is 0 Å². The molecule has 4 heteroatoms. The van der Waals surface area contributed by atoms with Gasteiger partial charge in [0.2, 0.25) is 0 Å². The Kier molecular flexibility index (Phi) is 4.53. The number of hydrogen-bond acceptors (Lipinski definition) is 3. The molecule has 0 aliphatic carbocycles. The van der Waals surface area contributed by atoms with Crippen molar-refractivity contribution in [2.24, 2.45) is 5.41 Å². The zero-order valence-corrected chi connectivity index (χ0v) is 16.0. The molecule has 0 bridgehead atoms. The number of aromatic nitrogens is 3. The second-order valence-electron chi connectivity index (χ2n) is 7.79. The van der Waals surface area contributed by atoms with E-state index >= 15 is 0 Å². The summed E-state index contributed by atoms with van der Waals surface area (Å²) < 4.78 is 1.69. The van der Waals surface area contributed by atoms with Crippen LogP contribution < -0.4 is 0 Å². The van der Waals surface area contributed by atoms with Crippen LogP contribution in [0.4, 0.5) is 0 Å². The van der Waals surface area contributed by atoms with Crippen LogP contribution in [0.15, 0.2) is 61.2 Å². The lowest BCUT2D eigenvalue weighted by Gasteiger charge is -2.38. The van der Waals surface area contributed by atoms with E-state index in [2.05, 4.69) is 36.1 Å². The van der Waals surface area contributed by atoms with Gasteiger partial charge in [-0.1, -0.05) is 69.3 Å². The third-order valence-electron chi connectivity index (χ3n) is 4.89. The topological polar surface area (TPSA) is 47.8 Å². The van der Waals surface area contributed by atoms with E-state index in [1.54, 1.807) is 11.0 Å². The number of carbonyl (C=O) groups is 1. The fraction of sp³-hybridized carbons (Fsp3) is 0.318. The van der Waals surface area contributed by atoms with E-state index in [9.17, 15) is 4.79 Å². The zero-order valence-electron chi connectivity index (χ0n) is 16.0. The van der Waals surface area contributed by atoms with Gasteiger partial charge in [0.1, 0.15) is 12.7 Å². The Morgan fingerprint density at radius 1 is 0.923 bits per heavy atom. The van der Waals surface area contributed by atoms with E-state index in [0.717, 1.165) is 16.7 Å². The summed E-state index contributed by atoms with van der Waals surface area (Å²) in [7, 11) is 0. The third kappa shape index (κ3) is 2.85. The van der Waals surface area contributed by atoms with E-state index in [4.69, 9.17) is 0 Å². The van der Waals surface area contributed by atoms with Crippen molar-refractivity contribution in [3.63, 3.8) is 0 Å². The monoisotopic (exact) mass is 347 g/mol. The van der Waals surface area contributed by atoms with Crippen LogP contribution in [0.2, 0.25) is 0 Å². The summed E-state index contributed by atoms with van der Waals surface area (Å²) >= 11 is 0. The Balaban J connectivity index is 2.43. The molecule has 3 rings (SSSR count). The molecule has 0 spiro atoms. The summed E-state index contributed by atoms with van der Waals surface area (Å²) in [6.45, 7) is 9.99. The van der Waals surface area contributed by atoms with Gasteiger partial charge in [0.25, 0.3) is 0 Å². The lowest BCUT2D eigenvalue weighted by molar-refractivity contribution is -0.132.